The average Bonchev–Trinajstić information content (AvgIpc) is 2.77. The Morgan fingerprint density at radius 3 is 2.42 bits per heavy atom. The van der Waals surface area contributed by atoms with Gasteiger partial charge in [-0.25, -0.2) is 9.18 Å². The highest BCUT2D eigenvalue weighted by molar-refractivity contribution is 5.87. The molecule has 9 heteroatoms. The molecular weight excluding hydrogens is 401 g/mol. The second-order valence-electron chi connectivity index (χ2n) is 7.49. The second kappa shape index (κ2) is 12.7. The van der Waals surface area contributed by atoms with Gasteiger partial charge in [0.05, 0.1) is 6.54 Å². The van der Waals surface area contributed by atoms with E-state index in [4.69, 9.17) is 0 Å². The number of hydrogen-bond donors (Lipinski definition) is 3. The summed E-state index contributed by atoms with van der Waals surface area (Å²) >= 11 is 0. The van der Waals surface area contributed by atoms with E-state index in [9.17, 15) is 18.8 Å². The van der Waals surface area contributed by atoms with Crippen molar-refractivity contribution in [2.45, 2.75) is 32.4 Å². The lowest BCUT2D eigenvalue weighted by Gasteiger charge is -2.36. The highest BCUT2D eigenvalue weighted by atomic mass is 19.1. The fraction of sp³-hybridized carbons (Fsp3) is 0.500. The van der Waals surface area contributed by atoms with Crippen molar-refractivity contribution in [1.82, 2.24) is 25.8 Å². The van der Waals surface area contributed by atoms with Crippen molar-refractivity contribution in [3.8, 4) is 0 Å². The van der Waals surface area contributed by atoms with Crippen molar-refractivity contribution < 1.29 is 18.8 Å². The molecule has 0 spiro atoms. The predicted octanol–water partition coefficient (Wildman–Crippen LogP) is 1.24. The molecule has 0 saturated carbocycles. The minimum absolute atomic E-state index is 0.0666. The van der Waals surface area contributed by atoms with E-state index < -0.39 is 12.1 Å². The topological polar surface area (TPSA) is 93.8 Å². The Labute approximate surface area is 182 Å². The molecule has 1 fully saturated rings. The molecule has 3 N–H and O–H groups in total. The van der Waals surface area contributed by atoms with Crippen molar-refractivity contribution in [1.29, 1.82) is 0 Å². The monoisotopic (exact) mass is 433 g/mol. The maximum atomic E-state index is 13.0. The van der Waals surface area contributed by atoms with Crippen LogP contribution in [0.15, 0.2) is 36.9 Å². The summed E-state index contributed by atoms with van der Waals surface area (Å²) in [6, 6.07) is 4.82. The second-order valence-corrected chi connectivity index (χ2v) is 7.49. The summed E-state index contributed by atoms with van der Waals surface area (Å²) in [5.74, 6) is -0.517. The molecule has 1 saturated heterocycles. The SMILES string of the molecule is C=CCNC(=O)CN1CCN(C(=O)C(CCC)NC(=O)NCc2ccc(F)cc2)CC1. The Hall–Kier alpha value is -2.94. The third-order valence-electron chi connectivity index (χ3n) is 5.04. The average molecular weight is 434 g/mol. The number of benzene rings is 1. The minimum atomic E-state index is -0.611. The van der Waals surface area contributed by atoms with Crippen LogP contribution >= 0.6 is 0 Å². The molecule has 1 aliphatic heterocycles. The van der Waals surface area contributed by atoms with Crippen LogP contribution in [0, 0.1) is 5.82 Å². The number of rotatable bonds is 10. The standard InChI is InChI=1S/C22H32FN5O3/c1-3-5-19(26-22(31)25-15-17-6-8-18(23)9-7-17)21(30)28-13-11-27(12-14-28)16-20(29)24-10-4-2/h4,6-9,19H,2-3,5,10-16H2,1H3,(H,24,29)(H2,25,26,31). The summed E-state index contributed by atoms with van der Waals surface area (Å²) in [4.78, 5) is 40.8. The van der Waals surface area contributed by atoms with E-state index in [1.54, 1.807) is 23.1 Å². The van der Waals surface area contributed by atoms with Crippen molar-refractivity contribution in [2.24, 2.45) is 0 Å². The zero-order valence-corrected chi connectivity index (χ0v) is 18.0. The van der Waals surface area contributed by atoms with Crippen LogP contribution in [0.4, 0.5) is 9.18 Å². The molecular formula is C22H32FN5O3. The number of urea groups is 1. The molecule has 0 aliphatic carbocycles. The van der Waals surface area contributed by atoms with Gasteiger partial charge in [-0.15, -0.1) is 6.58 Å². The molecule has 31 heavy (non-hydrogen) atoms. The van der Waals surface area contributed by atoms with E-state index in [1.165, 1.54) is 12.1 Å². The molecule has 1 aromatic rings. The number of nitrogens with zero attached hydrogens (tertiary/aromatic N) is 2. The van der Waals surface area contributed by atoms with Crippen LogP contribution < -0.4 is 16.0 Å². The summed E-state index contributed by atoms with van der Waals surface area (Å²) < 4.78 is 13.0. The first-order chi connectivity index (χ1) is 14.9. The quantitative estimate of drug-likeness (QED) is 0.484. The van der Waals surface area contributed by atoms with Gasteiger partial charge in [0.25, 0.3) is 0 Å². The molecule has 1 unspecified atom stereocenters. The Kier molecular flexibility index (Phi) is 9.96. The largest absolute Gasteiger partial charge is 0.352 e. The van der Waals surface area contributed by atoms with Gasteiger partial charge in [-0.3, -0.25) is 14.5 Å². The third kappa shape index (κ3) is 8.37. The van der Waals surface area contributed by atoms with Crippen molar-refractivity contribution in [2.75, 3.05) is 39.3 Å². The lowest BCUT2D eigenvalue weighted by molar-refractivity contribution is -0.135. The van der Waals surface area contributed by atoms with Gasteiger partial charge in [-0.05, 0) is 24.1 Å². The first kappa shape index (κ1) is 24.3. The van der Waals surface area contributed by atoms with Crippen LogP contribution in [0.3, 0.4) is 0 Å². The van der Waals surface area contributed by atoms with Crippen LogP contribution in [0.1, 0.15) is 25.3 Å². The van der Waals surface area contributed by atoms with Gasteiger partial charge >= 0.3 is 6.03 Å². The summed E-state index contributed by atoms with van der Waals surface area (Å²) in [5.41, 5.74) is 0.767. The van der Waals surface area contributed by atoms with Gasteiger partial charge in [0, 0.05) is 39.3 Å². The predicted molar refractivity (Wildman–Crippen MR) is 117 cm³/mol. The molecule has 0 aromatic heterocycles. The molecule has 0 radical (unpaired) electrons. The maximum Gasteiger partial charge on any atom is 0.315 e. The molecule has 1 aliphatic rings. The van der Waals surface area contributed by atoms with Crippen LogP contribution in [0.25, 0.3) is 0 Å². The Balaban J connectivity index is 1.80. The zero-order valence-electron chi connectivity index (χ0n) is 18.0. The number of amides is 4. The summed E-state index contributed by atoms with van der Waals surface area (Å²) in [7, 11) is 0. The highest BCUT2D eigenvalue weighted by Gasteiger charge is 2.28. The van der Waals surface area contributed by atoms with E-state index in [0.717, 1.165) is 12.0 Å². The Bertz CT molecular complexity index is 748. The number of carbonyl (C=O) groups excluding carboxylic acids is 3. The molecule has 4 amide bonds. The Morgan fingerprint density at radius 2 is 1.81 bits per heavy atom. The zero-order chi connectivity index (χ0) is 22.6. The van der Waals surface area contributed by atoms with Crippen LogP contribution in [-0.2, 0) is 16.1 Å². The molecule has 1 heterocycles. The van der Waals surface area contributed by atoms with Crippen molar-refractivity contribution in [3.05, 3.63) is 48.3 Å². The highest BCUT2D eigenvalue weighted by Crippen LogP contribution is 2.08. The first-order valence-corrected chi connectivity index (χ1v) is 10.6. The number of piperazine rings is 1. The molecule has 2 rings (SSSR count). The molecule has 0 bridgehead atoms. The van der Waals surface area contributed by atoms with Crippen LogP contribution in [0.5, 0.6) is 0 Å². The van der Waals surface area contributed by atoms with E-state index in [0.29, 0.717) is 39.1 Å². The van der Waals surface area contributed by atoms with Crippen LogP contribution in [0.2, 0.25) is 0 Å². The number of carbonyl (C=O) groups is 3. The molecule has 1 aromatic carbocycles. The van der Waals surface area contributed by atoms with Gasteiger partial charge in [-0.2, -0.15) is 0 Å². The number of hydrogen-bond acceptors (Lipinski definition) is 4. The lowest BCUT2D eigenvalue weighted by atomic mass is 10.1. The molecule has 1 atom stereocenters. The maximum absolute atomic E-state index is 13.0. The van der Waals surface area contributed by atoms with Gasteiger partial charge in [0.1, 0.15) is 11.9 Å². The summed E-state index contributed by atoms with van der Waals surface area (Å²) in [6.07, 6.45) is 2.91. The molecule has 8 nitrogen and oxygen atoms in total. The molecule has 170 valence electrons. The third-order valence-corrected chi connectivity index (χ3v) is 5.04. The van der Waals surface area contributed by atoms with Gasteiger partial charge in [-0.1, -0.05) is 31.6 Å². The van der Waals surface area contributed by atoms with Gasteiger partial charge in [0.15, 0.2) is 0 Å². The van der Waals surface area contributed by atoms with Crippen molar-refractivity contribution >= 4 is 17.8 Å². The fourth-order valence-electron chi connectivity index (χ4n) is 3.33. The van der Waals surface area contributed by atoms with Gasteiger partial charge < -0.3 is 20.9 Å². The summed E-state index contributed by atoms with van der Waals surface area (Å²) in [6.45, 7) is 8.71. The van der Waals surface area contributed by atoms with Crippen molar-refractivity contribution in [3.63, 3.8) is 0 Å². The number of halogens is 1. The summed E-state index contributed by atoms with van der Waals surface area (Å²) in [5, 5.41) is 8.21. The van der Waals surface area contributed by atoms with E-state index in [-0.39, 0.29) is 30.7 Å². The van der Waals surface area contributed by atoms with E-state index in [1.807, 2.05) is 11.8 Å². The van der Waals surface area contributed by atoms with Gasteiger partial charge in [0.2, 0.25) is 11.8 Å². The first-order valence-electron chi connectivity index (χ1n) is 10.6. The fourth-order valence-corrected chi connectivity index (χ4v) is 3.33. The minimum Gasteiger partial charge on any atom is -0.352 e. The lowest BCUT2D eigenvalue weighted by Crippen LogP contribution is -2.56. The van der Waals surface area contributed by atoms with E-state index >= 15 is 0 Å². The number of nitrogens with one attached hydrogen (secondary N) is 3. The smallest absolute Gasteiger partial charge is 0.315 e. The Morgan fingerprint density at radius 1 is 1.13 bits per heavy atom. The normalized spacial score (nSPS) is 15.1. The van der Waals surface area contributed by atoms with E-state index in [2.05, 4.69) is 22.5 Å². The van der Waals surface area contributed by atoms with Crippen LogP contribution in [-0.4, -0.2) is 73.0 Å².